The molecule has 31 heavy (non-hydrogen) atoms. The number of carbonyl (C=O) groups excluding carboxylic acids is 1. The number of aromatic amines is 1. The van der Waals surface area contributed by atoms with Crippen LogP contribution in [0.5, 0.6) is 11.6 Å². The van der Waals surface area contributed by atoms with E-state index >= 15 is 0 Å². The highest BCUT2D eigenvalue weighted by atomic mass is 35.5. The predicted molar refractivity (Wildman–Crippen MR) is 120 cm³/mol. The minimum atomic E-state index is -0.0607. The van der Waals surface area contributed by atoms with Crippen molar-refractivity contribution in [3.8, 4) is 11.6 Å². The number of hydrogen-bond donors (Lipinski definition) is 3. The number of likely N-dealkylation sites (N-methyl/N-ethyl adjacent to an activating group) is 1. The summed E-state index contributed by atoms with van der Waals surface area (Å²) in [5, 5.41) is 14.7. The molecule has 0 unspecified atom stereocenters. The molecule has 1 aliphatic heterocycles. The number of anilines is 1. The Labute approximate surface area is 184 Å². The first-order valence-electron chi connectivity index (χ1n) is 10.0. The molecule has 0 aliphatic carbocycles. The highest BCUT2D eigenvalue weighted by molar-refractivity contribution is 6.32. The number of nitrogens with zero attached hydrogens (tertiary/aromatic N) is 4. The second kappa shape index (κ2) is 9.22. The number of halogens is 1. The van der Waals surface area contributed by atoms with E-state index in [1.54, 1.807) is 36.4 Å². The zero-order chi connectivity index (χ0) is 21.8. The van der Waals surface area contributed by atoms with Crippen molar-refractivity contribution in [2.45, 2.75) is 19.3 Å². The topological polar surface area (TPSA) is 116 Å². The minimum Gasteiger partial charge on any atom is -0.494 e. The molecule has 2 bridgehead atoms. The molecule has 3 aromatic rings. The molecule has 0 saturated heterocycles. The number of aromatic hydroxyl groups is 1. The first-order chi connectivity index (χ1) is 15.0. The lowest BCUT2D eigenvalue weighted by Crippen LogP contribution is -2.31. The Morgan fingerprint density at radius 2 is 2.13 bits per heavy atom. The zero-order valence-electron chi connectivity index (χ0n) is 17.1. The lowest BCUT2D eigenvalue weighted by atomic mass is 10.2. The average molecular weight is 443 g/mol. The van der Waals surface area contributed by atoms with Crippen LogP contribution in [-0.2, 0) is 4.79 Å². The standard InChI is InChI=1S/C21H23ClN6O3/c1-28-8-7-23-19-18-14(21(30)27-20(18)26-12-25-19)11-24-13-5-6-15(22)16(10-13)31-9-3-2-4-17(28)29/h5-6,10-12,30H,2-4,7-9H2,1H3,(H2,23,25,26,27). The number of hydrogen-bond acceptors (Lipinski definition) is 7. The van der Waals surface area contributed by atoms with Crippen molar-refractivity contribution in [1.82, 2.24) is 19.9 Å². The second-order valence-corrected chi connectivity index (χ2v) is 7.66. The van der Waals surface area contributed by atoms with E-state index < -0.39 is 0 Å². The number of carbonyl (C=O) groups is 1. The molecular formula is C21H23ClN6O3. The Hall–Kier alpha value is -3.33. The molecule has 1 aliphatic rings. The predicted octanol–water partition coefficient (Wildman–Crippen LogP) is 3.50. The van der Waals surface area contributed by atoms with Crippen LogP contribution < -0.4 is 10.1 Å². The van der Waals surface area contributed by atoms with Gasteiger partial charge >= 0.3 is 0 Å². The Kier molecular flexibility index (Phi) is 6.22. The third-order valence-corrected chi connectivity index (χ3v) is 5.39. The SMILES string of the molecule is CN1CCNc2ncnc3[nH]c(O)c(c23)C=Nc2ccc(Cl)c(c2)OCCCCC1=O. The number of rotatable bonds is 0. The largest absolute Gasteiger partial charge is 0.494 e. The fourth-order valence-corrected chi connectivity index (χ4v) is 3.51. The van der Waals surface area contributed by atoms with Crippen molar-refractivity contribution >= 4 is 46.3 Å². The molecule has 162 valence electrons. The third-order valence-electron chi connectivity index (χ3n) is 5.07. The van der Waals surface area contributed by atoms with Crippen molar-refractivity contribution in [3.63, 3.8) is 0 Å². The molecule has 2 aromatic heterocycles. The van der Waals surface area contributed by atoms with Gasteiger partial charge in [-0.1, -0.05) is 11.6 Å². The summed E-state index contributed by atoms with van der Waals surface area (Å²) in [6.07, 6.45) is 4.87. The maximum Gasteiger partial charge on any atom is 0.222 e. The fraction of sp³-hybridized carbons (Fsp3) is 0.333. The van der Waals surface area contributed by atoms with Gasteiger partial charge in [-0.15, -0.1) is 0 Å². The van der Waals surface area contributed by atoms with Crippen LogP contribution in [0.15, 0.2) is 29.5 Å². The van der Waals surface area contributed by atoms with E-state index in [4.69, 9.17) is 16.3 Å². The summed E-state index contributed by atoms with van der Waals surface area (Å²) in [5.74, 6) is 1.08. The fourth-order valence-electron chi connectivity index (χ4n) is 3.33. The number of aromatic nitrogens is 3. The van der Waals surface area contributed by atoms with Crippen LogP contribution in [0.1, 0.15) is 24.8 Å². The summed E-state index contributed by atoms with van der Waals surface area (Å²) in [4.78, 5) is 29.9. The molecule has 1 amide bonds. The van der Waals surface area contributed by atoms with Crippen LogP contribution in [-0.4, -0.2) is 63.8 Å². The van der Waals surface area contributed by atoms with Gasteiger partial charge in [-0.3, -0.25) is 9.79 Å². The number of aliphatic imine (C=N–C) groups is 1. The van der Waals surface area contributed by atoms with Gasteiger partial charge in [0, 0.05) is 38.8 Å². The molecule has 0 spiro atoms. The molecular weight excluding hydrogens is 420 g/mol. The van der Waals surface area contributed by atoms with Crippen molar-refractivity contribution in [3.05, 3.63) is 35.1 Å². The number of ether oxygens (including phenoxy) is 1. The molecule has 3 N–H and O–H groups in total. The monoisotopic (exact) mass is 442 g/mol. The van der Waals surface area contributed by atoms with E-state index in [1.165, 1.54) is 6.33 Å². The molecule has 3 heterocycles. The van der Waals surface area contributed by atoms with Gasteiger partial charge in [0.05, 0.1) is 28.3 Å². The smallest absolute Gasteiger partial charge is 0.222 e. The Morgan fingerprint density at radius 1 is 1.26 bits per heavy atom. The van der Waals surface area contributed by atoms with E-state index in [0.29, 0.717) is 65.0 Å². The Bertz CT molecular complexity index is 1130. The third kappa shape index (κ3) is 4.72. The van der Waals surface area contributed by atoms with Gasteiger partial charge in [-0.25, -0.2) is 9.97 Å². The van der Waals surface area contributed by atoms with Crippen molar-refractivity contribution in [2.75, 3.05) is 32.1 Å². The highest BCUT2D eigenvalue weighted by Gasteiger charge is 2.16. The van der Waals surface area contributed by atoms with Crippen LogP contribution in [0.2, 0.25) is 5.02 Å². The van der Waals surface area contributed by atoms with Crippen LogP contribution in [0.3, 0.4) is 0 Å². The number of nitrogens with one attached hydrogen (secondary N) is 2. The van der Waals surface area contributed by atoms with E-state index in [-0.39, 0.29) is 11.8 Å². The first-order valence-corrected chi connectivity index (χ1v) is 10.4. The summed E-state index contributed by atoms with van der Waals surface area (Å²) in [6, 6.07) is 5.22. The number of fused-ring (bicyclic) bond motifs is 2. The summed E-state index contributed by atoms with van der Waals surface area (Å²) in [7, 11) is 1.78. The van der Waals surface area contributed by atoms with Gasteiger partial charge in [0.2, 0.25) is 5.91 Å². The lowest BCUT2D eigenvalue weighted by Gasteiger charge is -2.18. The van der Waals surface area contributed by atoms with Gasteiger partial charge in [0.25, 0.3) is 0 Å². The molecule has 4 rings (SSSR count). The summed E-state index contributed by atoms with van der Waals surface area (Å²) in [6.45, 7) is 1.47. The molecule has 1 aromatic carbocycles. The van der Waals surface area contributed by atoms with Crippen molar-refractivity contribution in [1.29, 1.82) is 0 Å². The number of benzene rings is 1. The molecule has 0 fully saturated rings. The zero-order valence-corrected chi connectivity index (χ0v) is 17.8. The van der Waals surface area contributed by atoms with Crippen LogP contribution in [0, 0.1) is 0 Å². The van der Waals surface area contributed by atoms with Crippen LogP contribution >= 0.6 is 11.6 Å². The molecule has 0 radical (unpaired) electrons. The summed E-state index contributed by atoms with van der Waals surface area (Å²) < 4.78 is 5.79. The summed E-state index contributed by atoms with van der Waals surface area (Å²) in [5.41, 5.74) is 1.56. The normalized spacial score (nSPS) is 15.8. The van der Waals surface area contributed by atoms with E-state index in [1.807, 2.05) is 0 Å². The molecule has 0 atom stereocenters. The molecule has 9 nitrogen and oxygen atoms in total. The van der Waals surface area contributed by atoms with Crippen molar-refractivity contribution < 1.29 is 14.6 Å². The van der Waals surface area contributed by atoms with E-state index in [2.05, 4.69) is 25.3 Å². The van der Waals surface area contributed by atoms with Crippen molar-refractivity contribution in [2.24, 2.45) is 4.99 Å². The quantitative estimate of drug-likeness (QED) is 0.490. The maximum absolute atomic E-state index is 12.4. The van der Waals surface area contributed by atoms with Crippen LogP contribution in [0.25, 0.3) is 11.0 Å². The van der Waals surface area contributed by atoms with Gasteiger partial charge in [-0.05, 0) is 25.0 Å². The number of H-pyrrole nitrogens is 1. The van der Waals surface area contributed by atoms with Gasteiger partial charge in [0.1, 0.15) is 23.5 Å². The van der Waals surface area contributed by atoms with Gasteiger partial charge in [0.15, 0.2) is 5.88 Å². The van der Waals surface area contributed by atoms with E-state index in [9.17, 15) is 9.90 Å². The Balaban J connectivity index is 1.72. The highest BCUT2D eigenvalue weighted by Crippen LogP contribution is 2.32. The Morgan fingerprint density at radius 3 is 3.00 bits per heavy atom. The summed E-state index contributed by atoms with van der Waals surface area (Å²) >= 11 is 6.24. The van der Waals surface area contributed by atoms with E-state index in [0.717, 1.165) is 12.8 Å². The first kappa shape index (κ1) is 20.9. The number of amides is 1. The van der Waals surface area contributed by atoms with Gasteiger partial charge in [-0.2, -0.15) is 0 Å². The van der Waals surface area contributed by atoms with Gasteiger partial charge < -0.3 is 25.0 Å². The maximum atomic E-state index is 12.4. The molecule has 10 heteroatoms. The average Bonchev–Trinajstić information content (AvgIpc) is 3.08. The lowest BCUT2D eigenvalue weighted by molar-refractivity contribution is -0.129. The molecule has 0 saturated carbocycles. The minimum absolute atomic E-state index is 0.0607. The van der Waals surface area contributed by atoms with Crippen LogP contribution in [0.4, 0.5) is 11.5 Å². The second-order valence-electron chi connectivity index (χ2n) is 7.25.